The van der Waals surface area contributed by atoms with Crippen molar-refractivity contribution in [2.24, 2.45) is 11.7 Å². The Morgan fingerprint density at radius 2 is 1.67 bits per heavy atom. The zero-order chi connectivity index (χ0) is 32.7. The van der Waals surface area contributed by atoms with Crippen LogP contribution < -0.4 is 25.6 Å². The number of primary amides is 1. The van der Waals surface area contributed by atoms with Crippen molar-refractivity contribution in [2.45, 2.75) is 25.2 Å². The van der Waals surface area contributed by atoms with E-state index in [0.717, 1.165) is 39.5 Å². The lowest BCUT2D eigenvalue weighted by atomic mass is 9.83. The van der Waals surface area contributed by atoms with E-state index in [2.05, 4.69) is 21.2 Å². The number of fused-ring (bicyclic) bond motifs is 2. The van der Waals surface area contributed by atoms with Crippen molar-refractivity contribution in [1.82, 2.24) is 5.32 Å². The van der Waals surface area contributed by atoms with Gasteiger partial charge in [-0.25, -0.2) is 0 Å². The molecule has 1 aliphatic rings. The van der Waals surface area contributed by atoms with Crippen LogP contribution in [0.5, 0.6) is 5.75 Å². The van der Waals surface area contributed by atoms with E-state index in [1.165, 1.54) is 30.9 Å². The van der Waals surface area contributed by atoms with Crippen molar-refractivity contribution in [3.05, 3.63) is 100 Å². The second-order valence-corrected chi connectivity index (χ2v) is 11.8. The number of nitrogens with zero attached hydrogens (tertiary/aromatic N) is 2. The van der Waals surface area contributed by atoms with Gasteiger partial charge in [0.2, 0.25) is 11.8 Å². The number of para-hydroxylation sites is 2. The molecule has 1 aliphatic heterocycles. The highest BCUT2D eigenvalue weighted by Crippen LogP contribution is 2.41. The number of anilines is 2. The van der Waals surface area contributed by atoms with E-state index in [4.69, 9.17) is 10.5 Å². The number of benzene rings is 4. The normalized spacial score (nSPS) is 16.2. The molecule has 2 atom stereocenters. The molecule has 0 aromatic heterocycles. The summed E-state index contributed by atoms with van der Waals surface area (Å²) in [4.78, 5) is 44.4. The van der Waals surface area contributed by atoms with Gasteiger partial charge in [0.25, 0.3) is 5.91 Å². The minimum atomic E-state index is -4.58. The van der Waals surface area contributed by atoms with Crippen molar-refractivity contribution in [3.63, 3.8) is 0 Å². The van der Waals surface area contributed by atoms with E-state index in [1.54, 1.807) is 30.3 Å². The van der Waals surface area contributed by atoms with E-state index in [9.17, 15) is 27.6 Å². The van der Waals surface area contributed by atoms with Crippen LogP contribution in [0.3, 0.4) is 0 Å². The first-order valence-corrected chi connectivity index (χ1v) is 14.7. The molecule has 242 valence electrons. The summed E-state index contributed by atoms with van der Waals surface area (Å²) in [6, 6.07) is 20.0. The van der Waals surface area contributed by atoms with Crippen molar-refractivity contribution < 1.29 is 32.3 Å². The predicted molar refractivity (Wildman–Crippen MR) is 176 cm³/mol. The Bertz CT molecular complexity index is 1800. The second kappa shape index (κ2) is 13.3. The molecule has 8 nitrogen and oxygen atoms in total. The van der Waals surface area contributed by atoms with Gasteiger partial charge in [0.1, 0.15) is 11.3 Å². The maximum Gasteiger partial charge on any atom is 0.416 e. The molecule has 3 amide bonds. The third-order valence-electron chi connectivity index (χ3n) is 8.41. The predicted octanol–water partition coefficient (Wildman–Crippen LogP) is 6.32. The van der Waals surface area contributed by atoms with Crippen LogP contribution in [-0.2, 0) is 22.3 Å². The van der Waals surface area contributed by atoms with Gasteiger partial charge in [0.15, 0.2) is 0 Å². The van der Waals surface area contributed by atoms with Crippen LogP contribution in [0, 0.1) is 5.92 Å². The van der Waals surface area contributed by atoms with Crippen molar-refractivity contribution in [3.8, 4) is 5.75 Å². The third kappa shape index (κ3) is 6.29. The van der Waals surface area contributed by atoms with Gasteiger partial charge in [-0.2, -0.15) is 13.2 Å². The van der Waals surface area contributed by atoms with Gasteiger partial charge in [-0.3, -0.25) is 14.4 Å². The van der Waals surface area contributed by atoms with Crippen LogP contribution in [0.25, 0.3) is 10.8 Å². The largest absolute Gasteiger partial charge is 0.496 e. The lowest BCUT2D eigenvalue weighted by Gasteiger charge is -2.36. The number of carbonyl (C=O) groups is 3. The number of hydrogen-bond donors (Lipinski definition) is 2. The fraction of sp³-hybridized carbons (Fsp3) is 0.242. The number of hydrogen-bond acceptors (Lipinski definition) is 5. The first-order valence-electron chi connectivity index (χ1n) is 13.9. The molecule has 1 unspecified atom stereocenters. The summed E-state index contributed by atoms with van der Waals surface area (Å²) in [6.45, 7) is 1.21. The minimum Gasteiger partial charge on any atom is -0.496 e. The van der Waals surface area contributed by atoms with Crippen LogP contribution in [-0.4, -0.2) is 44.0 Å². The topological polar surface area (TPSA) is 105 Å². The second-order valence-electron chi connectivity index (χ2n) is 10.9. The average Bonchev–Trinajstić information content (AvgIpc) is 3.14. The molecule has 5 rings (SSSR count). The first kappa shape index (κ1) is 34.7. The molecular formula is C33H31BrClF3N4O4. The molecule has 3 N–H and O–H groups in total. The fourth-order valence-electron chi connectivity index (χ4n) is 5.66. The highest BCUT2D eigenvalue weighted by atomic mass is 79.9. The highest BCUT2D eigenvalue weighted by molar-refractivity contribution is 9.10. The number of halogens is 5. The number of carbonyl (C=O) groups excluding carboxylic acids is 3. The van der Waals surface area contributed by atoms with Crippen LogP contribution in [0.15, 0.2) is 83.3 Å². The smallest absolute Gasteiger partial charge is 0.416 e. The van der Waals surface area contributed by atoms with Gasteiger partial charge >= 0.3 is 6.18 Å². The zero-order valence-electron chi connectivity index (χ0n) is 25.0. The number of nitrogens with two attached hydrogens (primary N) is 1. The average molecular weight is 720 g/mol. The summed E-state index contributed by atoms with van der Waals surface area (Å²) in [6.07, 6.45) is -4.58. The number of alkyl halides is 3. The van der Waals surface area contributed by atoms with Crippen LogP contribution in [0.4, 0.5) is 24.5 Å². The Morgan fingerprint density at radius 3 is 2.26 bits per heavy atom. The molecular weight excluding hydrogens is 689 g/mol. The van der Waals surface area contributed by atoms with Crippen LogP contribution >= 0.6 is 28.3 Å². The molecule has 13 heteroatoms. The summed E-state index contributed by atoms with van der Waals surface area (Å²) >= 11 is 3.50. The van der Waals surface area contributed by atoms with E-state index in [0.29, 0.717) is 22.7 Å². The van der Waals surface area contributed by atoms with E-state index < -0.39 is 40.9 Å². The summed E-state index contributed by atoms with van der Waals surface area (Å²) in [5.41, 5.74) is 4.71. The molecule has 0 fully saturated rings. The molecule has 0 spiro atoms. The molecule has 0 radical (unpaired) electrons. The summed E-state index contributed by atoms with van der Waals surface area (Å²) < 4.78 is 46.3. The summed E-state index contributed by atoms with van der Waals surface area (Å²) in [5, 5.41) is 4.60. The molecule has 0 saturated carbocycles. The molecule has 46 heavy (non-hydrogen) atoms. The number of likely N-dealkylation sites (N-methyl/N-ethyl adjacent to an activating group) is 1. The maximum absolute atomic E-state index is 14.6. The van der Waals surface area contributed by atoms with E-state index >= 15 is 0 Å². The number of ether oxygens (including phenoxy) is 1. The lowest BCUT2D eigenvalue weighted by molar-refractivity contribution is -0.137. The third-order valence-corrected chi connectivity index (χ3v) is 8.90. The SMILES string of the molecule is CNC(C)(C(N)=O)[C@@H]1CN(C(=O)c2ccc(C(F)(F)F)cc2)c2ccccc2N(Cc2c(OC)ccc3cc(Br)ccc23)C1=O.Cl. The van der Waals surface area contributed by atoms with Gasteiger partial charge in [-0.1, -0.05) is 40.2 Å². The maximum atomic E-state index is 14.6. The molecule has 4 aromatic rings. The van der Waals surface area contributed by atoms with Crippen molar-refractivity contribution >= 4 is 68.2 Å². The van der Waals surface area contributed by atoms with E-state index in [-0.39, 0.29) is 31.1 Å². The van der Waals surface area contributed by atoms with Gasteiger partial charge in [0.05, 0.1) is 36.5 Å². The van der Waals surface area contributed by atoms with Crippen molar-refractivity contribution in [1.29, 1.82) is 0 Å². The number of methoxy groups -OCH3 is 1. The Hall–Kier alpha value is -4.13. The van der Waals surface area contributed by atoms with Gasteiger partial charge in [-0.15, -0.1) is 12.4 Å². The number of rotatable bonds is 7. The summed E-state index contributed by atoms with van der Waals surface area (Å²) in [5.74, 6) is -2.62. The Balaban J connectivity index is 0.00000480. The van der Waals surface area contributed by atoms with Crippen molar-refractivity contribution in [2.75, 3.05) is 30.5 Å². The number of nitrogens with one attached hydrogen (secondary N) is 1. The highest BCUT2D eigenvalue weighted by Gasteiger charge is 2.49. The zero-order valence-corrected chi connectivity index (χ0v) is 27.4. The Labute approximate surface area is 278 Å². The van der Waals surface area contributed by atoms with Crippen LogP contribution in [0.2, 0.25) is 0 Å². The van der Waals surface area contributed by atoms with Gasteiger partial charge in [0, 0.05) is 22.1 Å². The minimum absolute atomic E-state index is 0. The summed E-state index contributed by atoms with van der Waals surface area (Å²) in [7, 11) is 3.02. The quantitative estimate of drug-likeness (QED) is 0.233. The monoisotopic (exact) mass is 718 g/mol. The van der Waals surface area contributed by atoms with Crippen LogP contribution in [0.1, 0.15) is 28.4 Å². The molecule has 4 aromatic carbocycles. The fourth-order valence-corrected chi connectivity index (χ4v) is 6.03. The Morgan fingerprint density at radius 1 is 1.02 bits per heavy atom. The molecule has 0 saturated heterocycles. The standard InChI is InChI=1S/C33H30BrF3N4O4.ClH/c1-32(39-2,31(38)44)25-18-41(29(42)19-8-11-21(12-9-19)33(35,36)37)27-7-5-4-6-26(27)40(30(25)43)17-24-23-14-13-22(34)16-20(23)10-15-28(24)45-3;/h4-16,25,39H,17-18H2,1-3H3,(H2,38,44);1H/t25-,32?;/m1./s1. The van der Waals surface area contributed by atoms with Gasteiger partial charge < -0.3 is 25.6 Å². The van der Waals surface area contributed by atoms with Gasteiger partial charge in [-0.05, 0) is 79.3 Å². The molecule has 0 bridgehead atoms. The lowest BCUT2D eigenvalue weighted by Crippen LogP contribution is -2.63. The Kier molecular flexibility index (Phi) is 10.0. The first-order chi connectivity index (χ1) is 21.3. The molecule has 0 aliphatic carbocycles. The number of amides is 3. The van der Waals surface area contributed by atoms with E-state index in [1.807, 2.05) is 24.3 Å². The molecule has 1 heterocycles.